The first-order valence-corrected chi connectivity index (χ1v) is 5.79. The third kappa shape index (κ3) is 2.01. The van der Waals surface area contributed by atoms with Gasteiger partial charge in [-0.05, 0) is 29.8 Å². The van der Waals surface area contributed by atoms with Crippen LogP contribution >= 0.6 is 0 Å². The summed E-state index contributed by atoms with van der Waals surface area (Å²) in [5.41, 5.74) is 9.27. The molecule has 3 aromatic rings. The number of pyridine rings is 1. The maximum Gasteiger partial charge on any atom is 0.153 e. The number of anilines is 1. The standard InChI is InChI=1S/C14H12N4O/c15-14-12(10-2-1-3-11(19)8-10)13(17-18-14)9-4-6-16-7-5-9/h1-8,19H,(H3,15,17,18). The van der Waals surface area contributed by atoms with Crippen LogP contribution in [0.2, 0.25) is 0 Å². The number of H-pyrrole nitrogens is 1. The van der Waals surface area contributed by atoms with Gasteiger partial charge in [0.2, 0.25) is 0 Å². The Morgan fingerprint density at radius 2 is 1.84 bits per heavy atom. The van der Waals surface area contributed by atoms with Crippen molar-refractivity contribution >= 4 is 5.82 Å². The van der Waals surface area contributed by atoms with Crippen LogP contribution < -0.4 is 5.73 Å². The summed E-state index contributed by atoms with van der Waals surface area (Å²) in [4.78, 5) is 3.99. The Balaban J connectivity index is 2.20. The molecule has 5 nitrogen and oxygen atoms in total. The van der Waals surface area contributed by atoms with Crippen molar-refractivity contribution < 1.29 is 5.11 Å². The average molecular weight is 252 g/mol. The molecule has 2 heterocycles. The number of aromatic hydroxyl groups is 1. The van der Waals surface area contributed by atoms with Gasteiger partial charge in [-0.1, -0.05) is 12.1 Å². The highest BCUT2D eigenvalue weighted by atomic mass is 16.3. The predicted octanol–water partition coefficient (Wildman–Crippen LogP) is 2.43. The number of nitrogens with two attached hydrogens (primary N) is 1. The molecule has 2 aromatic heterocycles. The number of hydrogen-bond acceptors (Lipinski definition) is 4. The van der Waals surface area contributed by atoms with Gasteiger partial charge in [-0.25, -0.2) is 0 Å². The number of nitrogen functional groups attached to an aromatic ring is 1. The van der Waals surface area contributed by atoms with E-state index in [1.165, 1.54) is 0 Å². The molecule has 0 fully saturated rings. The van der Waals surface area contributed by atoms with Crippen LogP contribution in [0.15, 0.2) is 48.8 Å². The fourth-order valence-corrected chi connectivity index (χ4v) is 2.04. The van der Waals surface area contributed by atoms with E-state index in [-0.39, 0.29) is 5.75 Å². The Labute approximate surface area is 109 Å². The molecule has 0 aliphatic carbocycles. The van der Waals surface area contributed by atoms with Crippen LogP contribution in [-0.4, -0.2) is 20.3 Å². The Hall–Kier alpha value is -2.82. The van der Waals surface area contributed by atoms with Crippen molar-refractivity contribution in [3.8, 4) is 28.1 Å². The van der Waals surface area contributed by atoms with Gasteiger partial charge in [0.1, 0.15) is 5.75 Å². The smallest absolute Gasteiger partial charge is 0.153 e. The normalized spacial score (nSPS) is 10.5. The quantitative estimate of drug-likeness (QED) is 0.653. The molecule has 19 heavy (non-hydrogen) atoms. The summed E-state index contributed by atoms with van der Waals surface area (Å²) >= 11 is 0. The van der Waals surface area contributed by atoms with Gasteiger partial charge >= 0.3 is 0 Å². The van der Waals surface area contributed by atoms with E-state index >= 15 is 0 Å². The van der Waals surface area contributed by atoms with Gasteiger partial charge in [0, 0.05) is 18.0 Å². The van der Waals surface area contributed by atoms with Crippen LogP contribution in [0, 0.1) is 0 Å². The van der Waals surface area contributed by atoms with Crippen LogP contribution in [0.4, 0.5) is 5.82 Å². The lowest BCUT2D eigenvalue weighted by Crippen LogP contribution is -1.88. The second kappa shape index (κ2) is 4.45. The number of phenols is 1. The highest BCUT2D eigenvalue weighted by molar-refractivity contribution is 5.87. The second-order valence-electron chi connectivity index (χ2n) is 4.15. The molecular weight excluding hydrogens is 240 g/mol. The molecule has 3 rings (SSSR count). The summed E-state index contributed by atoms with van der Waals surface area (Å²) in [7, 11) is 0. The van der Waals surface area contributed by atoms with Crippen molar-refractivity contribution in [2.75, 3.05) is 5.73 Å². The van der Waals surface area contributed by atoms with Gasteiger partial charge in [-0.15, -0.1) is 0 Å². The number of benzene rings is 1. The molecule has 0 amide bonds. The van der Waals surface area contributed by atoms with E-state index in [1.807, 2.05) is 18.2 Å². The van der Waals surface area contributed by atoms with Crippen LogP contribution in [0.25, 0.3) is 22.4 Å². The van der Waals surface area contributed by atoms with E-state index in [9.17, 15) is 5.11 Å². The Bertz CT molecular complexity index is 706. The molecule has 0 aliphatic heterocycles. The number of nitrogens with one attached hydrogen (secondary N) is 1. The van der Waals surface area contributed by atoms with Gasteiger partial charge in [-0.3, -0.25) is 10.1 Å². The topological polar surface area (TPSA) is 87.8 Å². The predicted molar refractivity (Wildman–Crippen MR) is 73.3 cm³/mol. The third-order valence-electron chi connectivity index (χ3n) is 2.90. The van der Waals surface area contributed by atoms with Gasteiger partial charge in [0.15, 0.2) is 5.82 Å². The third-order valence-corrected chi connectivity index (χ3v) is 2.90. The minimum Gasteiger partial charge on any atom is -0.508 e. The summed E-state index contributed by atoms with van der Waals surface area (Å²) in [5, 5.41) is 16.6. The summed E-state index contributed by atoms with van der Waals surface area (Å²) < 4.78 is 0. The van der Waals surface area contributed by atoms with Crippen molar-refractivity contribution in [2.24, 2.45) is 0 Å². The SMILES string of the molecule is Nc1n[nH]c(-c2ccncc2)c1-c1cccc(O)c1. The molecule has 4 N–H and O–H groups in total. The molecule has 0 unspecified atom stereocenters. The van der Waals surface area contributed by atoms with Gasteiger partial charge in [0.05, 0.1) is 11.3 Å². The molecule has 0 bridgehead atoms. The highest BCUT2D eigenvalue weighted by Crippen LogP contribution is 2.35. The maximum absolute atomic E-state index is 9.58. The van der Waals surface area contributed by atoms with E-state index in [0.29, 0.717) is 5.82 Å². The summed E-state index contributed by atoms with van der Waals surface area (Å²) in [6, 6.07) is 10.7. The van der Waals surface area contributed by atoms with Crippen molar-refractivity contribution in [1.29, 1.82) is 0 Å². The first-order chi connectivity index (χ1) is 9.25. The zero-order valence-electron chi connectivity index (χ0n) is 10.0. The number of nitrogens with zero attached hydrogens (tertiary/aromatic N) is 2. The molecule has 1 aromatic carbocycles. The van der Waals surface area contributed by atoms with Gasteiger partial charge in [-0.2, -0.15) is 5.10 Å². The minimum atomic E-state index is 0.193. The molecular formula is C14H12N4O. The van der Waals surface area contributed by atoms with Crippen LogP contribution in [0.5, 0.6) is 5.75 Å². The highest BCUT2D eigenvalue weighted by Gasteiger charge is 2.14. The molecule has 0 radical (unpaired) electrons. The number of phenolic OH excluding ortho intramolecular Hbond substituents is 1. The Morgan fingerprint density at radius 3 is 2.58 bits per heavy atom. The van der Waals surface area contributed by atoms with Crippen molar-refractivity contribution in [1.82, 2.24) is 15.2 Å². The number of rotatable bonds is 2. The molecule has 0 spiro atoms. The van der Waals surface area contributed by atoms with E-state index in [1.54, 1.807) is 30.6 Å². The summed E-state index contributed by atoms with van der Waals surface area (Å²) in [5.74, 6) is 0.594. The zero-order chi connectivity index (χ0) is 13.2. The van der Waals surface area contributed by atoms with E-state index in [0.717, 1.165) is 22.4 Å². The summed E-state index contributed by atoms with van der Waals surface area (Å²) in [6.07, 6.45) is 3.41. The summed E-state index contributed by atoms with van der Waals surface area (Å²) in [6.45, 7) is 0. The van der Waals surface area contributed by atoms with Crippen LogP contribution in [0.3, 0.4) is 0 Å². The Morgan fingerprint density at radius 1 is 1.05 bits per heavy atom. The molecule has 0 saturated heterocycles. The van der Waals surface area contributed by atoms with Gasteiger partial charge in [0.25, 0.3) is 0 Å². The van der Waals surface area contributed by atoms with E-state index in [2.05, 4.69) is 15.2 Å². The zero-order valence-corrected chi connectivity index (χ0v) is 10.0. The lowest BCUT2D eigenvalue weighted by molar-refractivity contribution is 0.475. The van der Waals surface area contributed by atoms with Crippen molar-refractivity contribution in [2.45, 2.75) is 0 Å². The molecule has 5 heteroatoms. The molecule has 94 valence electrons. The second-order valence-corrected chi connectivity index (χ2v) is 4.15. The first kappa shape index (κ1) is 11.3. The van der Waals surface area contributed by atoms with Gasteiger partial charge < -0.3 is 10.8 Å². The monoisotopic (exact) mass is 252 g/mol. The fourth-order valence-electron chi connectivity index (χ4n) is 2.04. The van der Waals surface area contributed by atoms with Crippen molar-refractivity contribution in [3.05, 3.63) is 48.8 Å². The lowest BCUT2D eigenvalue weighted by atomic mass is 10.0. The average Bonchev–Trinajstić information content (AvgIpc) is 2.82. The number of hydrogen-bond donors (Lipinski definition) is 3. The van der Waals surface area contributed by atoms with E-state index < -0.39 is 0 Å². The Kier molecular flexibility index (Phi) is 2.64. The minimum absolute atomic E-state index is 0.193. The molecule has 0 aliphatic rings. The maximum atomic E-state index is 9.58. The molecule has 0 atom stereocenters. The molecule has 0 saturated carbocycles. The fraction of sp³-hybridized carbons (Fsp3) is 0. The lowest BCUT2D eigenvalue weighted by Gasteiger charge is -2.05. The van der Waals surface area contributed by atoms with E-state index in [4.69, 9.17) is 5.73 Å². The van der Waals surface area contributed by atoms with Crippen molar-refractivity contribution in [3.63, 3.8) is 0 Å². The largest absolute Gasteiger partial charge is 0.508 e. The first-order valence-electron chi connectivity index (χ1n) is 5.79. The number of aromatic nitrogens is 3. The number of aromatic amines is 1. The van der Waals surface area contributed by atoms with Crippen LogP contribution in [0.1, 0.15) is 0 Å². The van der Waals surface area contributed by atoms with Crippen LogP contribution in [-0.2, 0) is 0 Å².